The summed E-state index contributed by atoms with van der Waals surface area (Å²) in [5.41, 5.74) is 0. The van der Waals surface area contributed by atoms with Gasteiger partial charge in [0.05, 0.1) is 24.4 Å². The maximum absolute atomic E-state index is 6.26. The summed E-state index contributed by atoms with van der Waals surface area (Å²) >= 11 is 0. The van der Waals surface area contributed by atoms with Gasteiger partial charge in [0.15, 0.2) is 0 Å². The van der Waals surface area contributed by atoms with Gasteiger partial charge in [-0.25, -0.2) is 0 Å². The van der Waals surface area contributed by atoms with Gasteiger partial charge in [-0.3, -0.25) is 8.23 Å². The van der Waals surface area contributed by atoms with Crippen LogP contribution in [0.4, 0.5) is 0 Å². The van der Waals surface area contributed by atoms with E-state index in [2.05, 4.69) is 13.1 Å². The molecule has 0 amide bonds. The fraction of sp³-hybridized carbons (Fsp3) is 1.00. The van der Waals surface area contributed by atoms with Crippen LogP contribution in [0.1, 0.15) is 51.4 Å². The summed E-state index contributed by atoms with van der Waals surface area (Å²) < 4.78 is 23.5. The molecule has 4 aliphatic rings. The molecule has 2 heterocycles. The molecule has 2 saturated carbocycles. The Kier molecular flexibility index (Phi) is 6.21. The van der Waals surface area contributed by atoms with Crippen molar-refractivity contribution in [3.63, 3.8) is 0 Å². The SMILES string of the molecule is C[Si](C)(CCC1CCC2OC2C1)O[SiH+]O[SiH2]CCC1CCC2OC2C1. The lowest BCUT2D eigenvalue weighted by Crippen LogP contribution is -2.34. The van der Waals surface area contributed by atoms with E-state index in [0.29, 0.717) is 24.4 Å². The Morgan fingerprint density at radius 2 is 1.56 bits per heavy atom. The molecule has 0 aromatic rings. The van der Waals surface area contributed by atoms with E-state index in [1.807, 2.05) is 0 Å². The number of rotatable bonds is 10. The Hall–Kier alpha value is 0.491. The summed E-state index contributed by atoms with van der Waals surface area (Å²) in [6.07, 6.45) is 13.2. The van der Waals surface area contributed by atoms with Gasteiger partial charge in [0.25, 0.3) is 0 Å². The molecule has 6 unspecified atom stereocenters. The summed E-state index contributed by atoms with van der Waals surface area (Å²) in [5, 5.41) is 0. The van der Waals surface area contributed by atoms with Crippen LogP contribution in [0, 0.1) is 11.8 Å². The van der Waals surface area contributed by atoms with Crippen molar-refractivity contribution >= 4 is 28.1 Å². The van der Waals surface area contributed by atoms with Gasteiger partial charge < -0.3 is 9.47 Å². The summed E-state index contributed by atoms with van der Waals surface area (Å²) in [5.74, 6) is 1.79. The first-order chi connectivity index (χ1) is 12.1. The average Bonchev–Trinajstić information content (AvgIpc) is 3.49. The first kappa shape index (κ1) is 18.8. The van der Waals surface area contributed by atoms with E-state index >= 15 is 0 Å². The molecule has 0 spiro atoms. The van der Waals surface area contributed by atoms with E-state index in [1.54, 1.807) is 0 Å². The number of hydrogen-bond donors (Lipinski definition) is 0. The number of epoxide rings is 2. The lowest BCUT2D eigenvalue weighted by Gasteiger charge is -2.22. The molecule has 25 heavy (non-hydrogen) atoms. The van der Waals surface area contributed by atoms with Crippen molar-refractivity contribution in [1.29, 1.82) is 0 Å². The van der Waals surface area contributed by atoms with Crippen molar-refractivity contribution in [3.05, 3.63) is 0 Å². The molecule has 0 N–H and O–H groups in total. The van der Waals surface area contributed by atoms with Crippen LogP contribution in [0.25, 0.3) is 0 Å². The minimum atomic E-state index is -1.51. The number of fused-ring (bicyclic) bond motifs is 2. The summed E-state index contributed by atoms with van der Waals surface area (Å²) in [6.45, 7) is 4.75. The standard InChI is InChI=1S/C18H35O4Si3/c1-25(2,10-8-14-4-6-16-18(12-14)20-16)22-24-21-23-9-7-13-3-5-15-17(11-13)19-15/h13-18,24H,3-12,23H2,1-2H3/q+1. The van der Waals surface area contributed by atoms with Gasteiger partial charge in [-0.15, -0.1) is 0 Å². The molecule has 6 atom stereocenters. The molecule has 4 rings (SSSR count). The fourth-order valence-corrected chi connectivity index (χ4v) is 10.1. The zero-order valence-corrected chi connectivity index (χ0v) is 19.5. The quantitative estimate of drug-likeness (QED) is 0.322. The minimum Gasteiger partial charge on any atom is -0.370 e. The van der Waals surface area contributed by atoms with E-state index < -0.39 is 8.32 Å². The van der Waals surface area contributed by atoms with Crippen LogP contribution >= 0.6 is 0 Å². The molecule has 142 valence electrons. The molecular weight excluding hydrogens is 364 g/mol. The van der Waals surface area contributed by atoms with E-state index in [0.717, 1.165) is 11.8 Å². The van der Waals surface area contributed by atoms with Crippen LogP contribution < -0.4 is 0 Å². The smallest absolute Gasteiger partial charge is 0.370 e. The highest BCUT2D eigenvalue weighted by molar-refractivity contribution is 6.74. The molecule has 0 aromatic heterocycles. The van der Waals surface area contributed by atoms with Gasteiger partial charge in [0, 0.05) is 0 Å². The Bertz CT molecular complexity index is 450. The second kappa shape index (κ2) is 8.24. The van der Waals surface area contributed by atoms with Gasteiger partial charge in [0.2, 0.25) is 18.1 Å². The van der Waals surface area contributed by atoms with Gasteiger partial charge in [-0.05, 0) is 75.5 Å². The number of hydrogen-bond acceptors (Lipinski definition) is 4. The topological polar surface area (TPSA) is 43.5 Å². The zero-order valence-electron chi connectivity index (χ0n) is 16.0. The summed E-state index contributed by atoms with van der Waals surface area (Å²) in [7, 11) is -2.09. The third-order valence-corrected chi connectivity index (χ3v) is 13.3. The van der Waals surface area contributed by atoms with E-state index in [9.17, 15) is 0 Å². The lowest BCUT2D eigenvalue weighted by molar-refractivity contribution is 0.353. The maximum Gasteiger partial charge on any atom is 0.603 e. The highest BCUT2D eigenvalue weighted by atomic mass is 28.4. The Balaban J connectivity index is 1.01. The van der Waals surface area contributed by atoms with Crippen molar-refractivity contribution in [2.45, 2.75) is 101 Å². The molecule has 0 bridgehead atoms. The first-order valence-electron chi connectivity index (χ1n) is 10.5. The molecule has 0 radical (unpaired) electrons. The third kappa shape index (κ3) is 5.73. The normalized spacial score (nSPS) is 39.9. The van der Waals surface area contributed by atoms with Crippen molar-refractivity contribution in [2.75, 3.05) is 0 Å². The van der Waals surface area contributed by atoms with Crippen LogP contribution in [-0.2, 0) is 17.7 Å². The van der Waals surface area contributed by atoms with E-state index in [4.69, 9.17) is 17.7 Å². The molecular formula is C18H35O4Si3+. The first-order valence-corrected chi connectivity index (χ1v) is 16.1. The molecule has 2 aliphatic heterocycles. The van der Waals surface area contributed by atoms with Crippen LogP contribution in [-0.4, -0.2) is 52.5 Å². The van der Waals surface area contributed by atoms with E-state index in [1.165, 1.54) is 63.5 Å². The van der Waals surface area contributed by atoms with Crippen LogP contribution in [0.2, 0.25) is 25.2 Å². The fourth-order valence-electron chi connectivity index (χ4n) is 4.78. The minimum absolute atomic E-state index is 0.209. The zero-order chi connectivity index (χ0) is 17.3. The maximum atomic E-state index is 6.26. The highest BCUT2D eigenvalue weighted by Gasteiger charge is 2.44. The molecule has 4 fully saturated rings. The third-order valence-electron chi connectivity index (χ3n) is 6.69. The van der Waals surface area contributed by atoms with Crippen LogP contribution in [0.3, 0.4) is 0 Å². The average molecular weight is 400 g/mol. The lowest BCUT2D eigenvalue weighted by atomic mass is 9.88. The van der Waals surface area contributed by atoms with E-state index in [-0.39, 0.29) is 19.8 Å². The molecule has 4 nitrogen and oxygen atoms in total. The Morgan fingerprint density at radius 1 is 0.920 bits per heavy atom. The van der Waals surface area contributed by atoms with Crippen molar-refractivity contribution < 1.29 is 17.7 Å². The molecule has 7 heteroatoms. The Labute approximate surface area is 158 Å². The highest BCUT2D eigenvalue weighted by Crippen LogP contribution is 2.42. The molecule has 0 aromatic carbocycles. The van der Waals surface area contributed by atoms with Crippen molar-refractivity contribution in [1.82, 2.24) is 0 Å². The predicted molar refractivity (Wildman–Crippen MR) is 106 cm³/mol. The second-order valence-corrected chi connectivity index (χ2v) is 16.9. The van der Waals surface area contributed by atoms with Gasteiger partial charge >= 0.3 is 10.0 Å². The van der Waals surface area contributed by atoms with Gasteiger partial charge in [-0.1, -0.05) is 12.8 Å². The van der Waals surface area contributed by atoms with Gasteiger partial charge in [0.1, 0.15) is 0 Å². The second-order valence-electron chi connectivity index (χ2n) is 9.31. The van der Waals surface area contributed by atoms with Crippen molar-refractivity contribution in [2.24, 2.45) is 11.8 Å². The Morgan fingerprint density at radius 3 is 2.20 bits per heavy atom. The largest absolute Gasteiger partial charge is 0.603 e. The van der Waals surface area contributed by atoms with Crippen LogP contribution in [0.15, 0.2) is 0 Å². The van der Waals surface area contributed by atoms with Gasteiger partial charge in [-0.2, -0.15) is 0 Å². The molecule has 2 saturated heterocycles. The predicted octanol–water partition coefficient (Wildman–Crippen LogP) is 2.91. The molecule has 2 aliphatic carbocycles. The number of ether oxygens (including phenoxy) is 2. The monoisotopic (exact) mass is 399 g/mol. The van der Waals surface area contributed by atoms with Crippen molar-refractivity contribution in [3.8, 4) is 0 Å². The van der Waals surface area contributed by atoms with Crippen LogP contribution in [0.5, 0.6) is 0 Å². The summed E-state index contributed by atoms with van der Waals surface area (Å²) in [6, 6.07) is 2.61. The summed E-state index contributed by atoms with van der Waals surface area (Å²) in [4.78, 5) is 0.